The smallest absolute Gasteiger partial charge is 0.319 e. The van der Waals surface area contributed by atoms with E-state index in [4.69, 9.17) is 13.6 Å². The third-order valence-corrected chi connectivity index (χ3v) is 26.6. The number of sulfone groups is 1. The Morgan fingerprint density at radius 3 is 1.87 bits per heavy atom. The summed E-state index contributed by atoms with van der Waals surface area (Å²) in [6, 6.07) is 42.1. The zero-order chi connectivity index (χ0) is 50.6. The van der Waals surface area contributed by atoms with Gasteiger partial charge in [-0.15, -0.1) is 0 Å². The first-order valence-corrected chi connectivity index (χ1v) is 32.1. The summed E-state index contributed by atoms with van der Waals surface area (Å²) in [6.07, 6.45) is 5.33. The minimum atomic E-state index is -4.05. The summed E-state index contributed by atoms with van der Waals surface area (Å²) in [5.74, 6) is 0.192. The number of hydrogen-bond donors (Lipinski definition) is 1. The number of anilines is 1. The highest BCUT2D eigenvalue weighted by molar-refractivity contribution is 7.91. The SMILES string of the molecule is CCCCCC(O[Si](C)(C)C(C)(C)C)/C(C)=C/CC(c1cc(NC(=O)C[C@H](CS(=O)c2ccc(C)cc2)OC)cc(O[Si](c2ccccc2)(c2ccccc2)C(C)(C)C)c1)S(=O)(=O)c1ccccc1. The lowest BCUT2D eigenvalue weighted by atomic mass is 10.0. The zero-order valence-electron chi connectivity index (χ0n) is 43.1. The summed E-state index contributed by atoms with van der Waals surface area (Å²) in [5, 5.41) is 3.70. The molecular weight excluding hydrogens is 931 g/mol. The van der Waals surface area contributed by atoms with Gasteiger partial charge in [-0.2, -0.15) is 0 Å². The van der Waals surface area contributed by atoms with Crippen LogP contribution in [0.3, 0.4) is 0 Å². The van der Waals surface area contributed by atoms with Gasteiger partial charge in [-0.1, -0.05) is 170 Å². The number of ether oxygens (including phenoxy) is 1. The molecule has 0 aliphatic carbocycles. The summed E-state index contributed by atoms with van der Waals surface area (Å²) >= 11 is 0. The highest BCUT2D eigenvalue weighted by atomic mass is 32.2. The molecule has 3 unspecified atom stereocenters. The Labute approximate surface area is 419 Å². The van der Waals surface area contributed by atoms with Gasteiger partial charge in [-0.25, -0.2) is 8.42 Å². The van der Waals surface area contributed by atoms with E-state index in [1.807, 2.05) is 79.7 Å². The van der Waals surface area contributed by atoms with Gasteiger partial charge in [0.15, 0.2) is 18.2 Å². The molecule has 0 spiro atoms. The maximum Gasteiger partial charge on any atom is 0.319 e. The third kappa shape index (κ3) is 14.4. The van der Waals surface area contributed by atoms with E-state index < -0.39 is 53.7 Å². The number of nitrogens with one attached hydrogen (secondary N) is 1. The Kier molecular flexibility index (Phi) is 19.4. The molecule has 0 aromatic heterocycles. The molecule has 4 atom stereocenters. The van der Waals surface area contributed by atoms with Crippen LogP contribution >= 0.6 is 0 Å². The number of unbranched alkanes of at least 4 members (excludes halogenated alkanes) is 2. The molecule has 0 fully saturated rings. The normalized spacial score (nSPS) is 14.7. The number of carbonyl (C=O) groups excluding carboxylic acids is 1. The molecule has 0 heterocycles. The van der Waals surface area contributed by atoms with Crippen molar-refractivity contribution in [1.82, 2.24) is 0 Å². The monoisotopic (exact) mass is 1010 g/mol. The summed E-state index contributed by atoms with van der Waals surface area (Å²) < 4.78 is 64.3. The Morgan fingerprint density at radius 2 is 1.35 bits per heavy atom. The summed E-state index contributed by atoms with van der Waals surface area (Å²) in [5.41, 5.74) is 2.93. The van der Waals surface area contributed by atoms with Crippen LogP contribution in [-0.2, 0) is 34.6 Å². The third-order valence-electron chi connectivity index (χ3n) is 13.6. The topological polar surface area (TPSA) is 108 Å². The second-order valence-electron chi connectivity index (χ2n) is 20.9. The van der Waals surface area contributed by atoms with Gasteiger partial charge in [0.25, 0.3) is 0 Å². The average Bonchev–Trinajstić information content (AvgIpc) is 3.30. The van der Waals surface area contributed by atoms with Crippen LogP contribution in [0.25, 0.3) is 0 Å². The Bertz CT molecular complexity index is 2550. The first-order valence-electron chi connectivity index (χ1n) is 24.4. The van der Waals surface area contributed by atoms with E-state index in [0.29, 0.717) is 21.9 Å². The number of aryl methyl sites for hydroxylation is 1. The largest absolute Gasteiger partial charge is 0.534 e. The molecular formula is C57H77NO7S2Si2. The summed E-state index contributed by atoms with van der Waals surface area (Å²) in [7, 11) is -9.40. The number of benzene rings is 5. The van der Waals surface area contributed by atoms with Crippen LogP contribution in [-0.4, -0.2) is 60.2 Å². The van der Waals surface area contributed by atoms with Gasteiger partial charge >= 0.3 is 8.32 Å². The minimum Gasteiger partial charge on any atom is -0.534 e. The van der Waals surface area contributed by atoms with Crippen molar-refractivity contribution in [3.05, 3.63) is 156 Å². The van der Waals surface area contributed by atoms with E-state index >= 15 is 8.42 Å². The standard InChI is InChI=1S/C57H77NO7S2Si2/c1-13-14-18-31-53(65-68(11,12)56(4,5)6)44(3)34-37-54(67(61,62)50-25-19-15-20-26-50)45-38-46(58-55(59)41-48(63-10)42-66(60)49-35-32-43(2)33-36-49)40-47(39-45)64-69(57(7,8)9,51-27-21-16-22-28-51)52-29-23-17-24-30-52/h15-17,19-30,32-36,38-40,48,53-54H,13-14,18,31,37,41-42H2,1-12H3,(H,58,59)/b44-34+/t48-,53?,54?,66?/m1/s1. The molecule has 372 valence electrons. The maximum absolute atomic E-state index is 15.2. The van der Waals surface area contributed by atoms with Gasteiger partial charge < -0.3 is 18.9 Å². The molecule has 5 aromatic rings. The van der Waals surface area contributed by atoms with Crippen LogP contribution in [0.15, 0.2) is 155 Å². The Morgan fingerprint density at radius 1 is 0.783 bits per heavy atom. The number of allylic oxidation sites excluding steroid dienone is 1. The predicted molar refractivity (Wildman–Crippen MR) is 292 cm³/mol. The number of methoxy groups -OCH3 is 1. The second-order valence-corrected chi connectivity index (χ2v) is 33.5. The molecule has 0 radical (unpaired) electrons. The number of amides is 1. The first-order chi connectivity index (χ1) is 32.5. The van der Waals surface area contributed by atoms with Gasteiger partial charge in [0, 0.05) is 23.8 Å². The van der Waals surface area contributed by atoms with E-state index in [1.165, 1.54) is 7.11 Å². The Balaban J connectivity index is 1.68. The van der Waals surface area contributed by atoms with Crippen LogP contribution in [0.5, 0.6) is 5.75 Å². The maximum atomic E-state index is 15.2. The summed E-state index contributed by atoms with van der Waals surface area (Å²) in [6.45, 7) is 24.1. The van der Waals surface area contributed by atoms with E-state index in [9.17, 15) is 9.00 Å². The van der Waals surface area contributed by atoms with Gasteiger partial charge in [0.05, 0.1) is 45.3 Å². The van der Waals surface area contributed by atoms with Crippen LogP contribution in [0.2, 0.25) is 23.2 Å². The van der Waals surface area contributed by atoms with Crippen molar-refractivity contribution >= 4 is 59.2 Å². The molecule has 0 saturated heterocycles. The lowest BCUT2D eigenvalue weighted by molar-refractivity contribution is -0.118. The summed E-state index contributed by atoms with van der Waals surface area (Å²) in [4.78, 5) is 15.0. The zero-order valence-corrected chi connectivity index (χ0v) is 46.8. The highest BCUT2D eigenvalue weighted by Crippen LogP contribution is 2.42. The quantitative estimate of drug-likeness (QED) is 0.0394. The molecule has 0 aliphatic heterocycles. The highest BCUT2D eigenvalue weighted by Gasteiger charge is 2.52. The van der Waals surface area contributed by atoms with Gasteiger partial charge in [0.1, 0.15) is 5.75 Å². The molecule has 8 nitrogen and oxygen atoms in total. The fraction of sp³-hybridized carbons (Fsp3) is 0.421. The van der Waals surface area contributed by atoms with Crippen molar-refractivity contribution in [3.8, 4) is 5.75 Å². The van der Waals surface area contributed by atoms with E-state index in [0.717, 1.165) is 47.2 Å². The molecule has 5 rings (SSSR count). The number of carbonyl (C=O) groups is 1. The van der Waals surface area contributed by atoms with Crippen molar-refractivity contribution in [2.45, 2.75) is 151 Å². The van der Waals surface area contributed by atoms with Crippen molar-refractivity contribution < 1.29 is 31.0 Å². The molecule has 1 amide bonds. The fourth-order valence-corrected chi connectivity index (χ4v) is 17.2. The van der Waals surface area contributed by atoms with Gasteiger partial charge in [-0.3, -0.25) is 9.00 Å². The molecule has 0 bridgehead atoms. The molecule has 5 aromatic carbocycles. The molecule has 1 N–H and O–H groups in total. The second kappa shape index (κ2) is 24.1. The van der Waals surface area contributed by atoms with Crippen molar-refractivity contribution in [3.63, 3.8) is 0 Å². The van der Waals surface area contributed by atoms with Crippen molar-refractivity contribution in [2.75, 3.05) is 18.2 Å². The minimum absolute atomic E-state index is 0.0106. The molecule has 0 aliphatic rings. The number of hydrogen-bond acceptors (Lipinski definition) is 7. The van der Waals surface area contributed by atoms with E-state index in [2.05, 4.69) is 104 Å². The number of rotatable bonds is 23. The molecule has 0 saturated carbocycles. The van der Waals surface area contributed by atoms with E-state index in [-0.39, 0.29) is 40.5 Å². The Hall–Kier alpha value is -4.44. The van der Waals surface area contributed by atoms with Crippen LogP contribution in [0.4, 0.5) is 5.69 Å². The fourth-order valence-electron chi connectivity index (χ4n) is 8.48. The van der Waals surface area contributed by atoms with E-state index in [1.54, 1.807) is 36.4 Å². The van der Waals surface area contributed by atoms with Crippen LogP contribution in [0, 0.1) is 6.92 Å². The van der Waals surface area contributed by atoms with Crippen LogP contribution < -0.4 is 20.1 Å². The molecule has 12 heteroatoms. The van der Waals surface area contributed by atoms with Gasteiger partial charge in [0.2, 0.25) is 5.91 Å². The molecule has 69 heavy (non-hydrogen) atoms. The lowest BCUT2D eigenvalue weighted by Gasteiger charge is -2.43. The van der Waals surface area contributed by atoms with Crippen LogP contribution in [0.1, 0.15) is 110 Å². The predicted octanol–water partition coefficient (Wildman–Crippen LogP) is 12.9. The van der Waals surface area contributed by atoms with Crippen molar-refractivity contribution in [1.29, 1.82) is 0 Å². The lowest BCUT2D eigenvalue weighted by Crippen LogP contribution is -2.68. The first kappa shape index (κ1) is 55.5. The van der Waals surface area contributed by atoms with Gasteiger partial charge in [-0.05, 0) is 108 Å². The average molecular weight is 1010 g/mol. The van der Waals surface area contributed by atoms with Crippen molar-refractivity contribution in [2.24, 2.45) is 0 Å².